The average Bonchev–Trinajstić information content (AvgIpc) is 3.20. The van der Waals surface area contributed by atoms with Crippen molar-refractivity contribution in [3.8, 4) is 22.8 Å². The van der Waals surface area contributed by atoms with Crippen LogP contribution in [0.15, 0.2) is 59.7 Å². The maximum atomic E-state index is 12.2. The van der Waals surface area contributed by atoms with Crippen LogP contribution in [0.3, 0.4) is 0 Å². The maximum absolute atomic E-state index is 12.2. The van der Waals surface area contributed by atoms with Crippen LogP contribution >= 0.6 is 0 Å². The quantitative estimate of drug-likeness (QED) is 0.497. The molecule has 0 saturated heterocycles. The van der Waals surface area contributed by atoms with E-state index in [0.29, 0.717) is 18.0 Å². The second-order valence-electron chi connectivity index (χ2n) is 5.60. The van der Waals surface area contributed by atoms with E-state index in [1.807, 2.05) is 55.5 Å². The third-order valence-corrected chi connectivity index (χ3v) is 3.78. The van der Waals surface area contributed by atoms with Crippen molar-refractivity contribution in [2.45, 2.75) is 6.92 Å². The summed E-state index contributed by atoms with van der Waals surface area (Å²) in [6.07, 6.45) is 1.56. The number of methoxy groups -OCH3 is 1. The lowest BCUT2D eigenvalue weighted by Gasteiger charge is -2.02. The van der Waals surface area contributed by atoms with E-state index in [4.69, 9.17) is 9.47 Å². The molecular weight excluding hydrogens is 344 g/mol. The number of H-pyrrole nitrogens is 1. The van der Waals surface area contributed by atoms with Crippen LogP contribution in [0.2, 0.25) is 0 Å². The fourth-order valence-electron chi connectivity index (χ4n) is 2.39. The molecule has 0 spiro atoms. The highest BCUT2D eigenvalue weighted by Gasteiger charge is 2.10. The van der Waals surface area contributed by atoms with Crippen molar-refractivity contribution < 1.29 is 14.3 Å². The van der Waals surface area contributed by atoms with Gasteiger partial charge in [0.25, 0.3) is 5.91 Å². The summed E-state index contributed by atoms with van der Waals surface area (Å²) in [5.74, 6) is 1.18. The van der Waals surface area contributed by atoms with Gasteiger partial charge in [0.15, 0.2) is 0 Å². The van der Waals surface area contributed by atoms with Gasteiger partial charge in [-0.2, -0.15) is 10.2 Å². The van der Waals surface area contributed by atoms with E-state index in [1.54, 1.807) is 19.4 Å². The number of nitrogens with one attached hydrogen (secondary N) is 2. The van der Waals surface area contributed by atoms with E-state index >= 15 is 0 Å². The molecule has 3 rings (SSSR count). The first kappa shape index (κ1) is 18.2. The fraction of sp³-hybridized carbons (Fsp3) is 0.150. The Hall–Kier alpha value is -3.61. The van der Waals surface area contributed by atoms with Gasteiger partial charge in [-0.25, -0.2) is 5.43 Å². The molecule has 2 aromatic carbocycles. The topological polar surface area (TPSA) is 88.6 Å². The first-order valence-corrected chi connectivity index (χ1v) is 8.45. The summed E-state index contributed by atoms with van der Waals surface area (Å²) in [6.45, 7) is 2.55. The number of aromatic amines is 1. The Morgan fingerprint density at radius 2 is 1.85 bits per heavy atom. The molecule has 0 aliphatic rings. The minimum atomic E-state index is -0.371. The van der Waals surface area contributed by atoms with E-state index < -0.39 is 0 Å². The number of carbonyl (C=O) groups is 1. The number of carbonyl (C=O) groups excluding carboxylic acids is 1. The number of hydrogen-bond donors (Lipinski definition) is 2. The Bertz CT molecular complexity index is 915. The Morgan fingerprint density at radius 1 is 1.15 bits per heavy atom. The van der Waals surface area contributed by atoms with Crippen molar-refractivity contribution in [1.82, 2.24) is 15.6 Å². The normalized spacial score (nSPS) is 10.7. The van der Waals surface area contributed by atoms with Crippen LogP contribution in [0.5, 0.6) is 11.5 Å². The van der Waals surface area contributed by atoms with Gasteiger partial charge in [-0.3, -0.25) is 9.89 Å². The predicted molar refractivity (Wildman–Crippen MR) is 103 cm³/mol. The number of hydrazone groups is 1. The highest BCUT2D eigenvalue weighted by molar-refractivity contribution is 5.94. The molecule has 138 valence electrons. The first-order chi connectivity index (χ1) is 13.2. The fourth-order valence-corrected chi connectivity index (χ4v) is 2.39. The van der Waals surface area contributed by atoms with Gasteiger partial charge in [-0.15, -0.1) is 0 Å². The van der Waals surface area contributed by atoms with Crippen LogP contribution in [0.1, 0.15) is 23.0 Å². The number of rotatable bonds is 7. The van der Waals surface area contributed by atoms with E-state index in [2.05, 4.69) is 20.7 Å². The molecule has 0 aliphatic heterocycles. The zero-order valence-electron chi connectivity index (χ0n) is 15.1. The number of ether oxygens (including phenoxy) is 2. The maximum Gasteiger partial charge on any atom is 0.289 e. The lowest BCUT2D eigenvalue weighted by atomic mass is 10.1. The summed E-state index contributed by atoms with van der Waals surface area (Å²) >= 11 is 0. The highest BCUT2D eigenvalue weighted by Crippen LogP contribution is 2.21. The minimum absolute atomic E-state index is 0.325. The Labute approximate surface area is 157 Å². The molecular formula is C20H20N4O3. The molecule has 1 heterocycles. The van der Waals surface area contributed by atoms with E-state index in [1.165, 1.54) is 0 Å². The molecule has 2 N–H and O–H groups in total. The molecule has 7 nitrogen and oxygen atoms in total. The zero-order chi connectivity index (χ0) is 19.1. The standard InChI is InChI=1S/C20H20N4O3/c1-3-27-17-10-6-15(7-11-17)18-12-19(23-22-18)20(25)24-21-13-14-4-8-16(26-2)9-5-14/h4-13H,3H2,1-2H3,(H,22,23)(H,24,25)/b21-13-. The molecule has 0 atom stereocenters. The summed E-state index contributed by atoms with van der Waals surface area (Å²) < 4.78 is 10.5. The molecule has 3 aromatic rings. The highest BCUT2D eigenvalue weighted by atomic mass is 16.5. The largest absolute Gasteiger partial charge is 0.497 e. The van der Waals surface area contributed by atoms with Crippen molar-refractivity contribution >= 4 is 12.1 Å². The van der Waals surface area contributed by atoms with E-state index in [-0.39, 0.29) is 5.91 Å². The summed E-state index contributed by atoms with van der Waals surface area (Å²) in [6, 6.07) is 16.5. The molecule has 0 saturated carbocycles. The molecule has 1 amide bonds. The van der Waals surface area contributed by atoms with Crippen molar-refractivity contribution in [3.05, 3.63) is 65.9 Å². The second kappa shape index (κ2) is 8.66. The SMILES string of the molecule is CCOc1ccc(-c2cc(C(=O)N/N=C\c3ccc(OC)cc3)[nH]n2)cc1. The molecule has 1 aromatic heterocycles. The lowest BCUT2D eigenvalue weighted by Crippen LogP contribution is -2.17. The van der Waals surface area contributed by atoms with Gasteiger partial charge in [0.1, 0.15) is 17.2 Å². The number of amides is 1. The molecule has 27 heavy (non-hydrogen) atoms. The van der Waals surface area contributed by atoms with Gasteiger partial charge < -0.3 is 9.47 Å². The van der Waals surface area contributed by atoms with E-state index in [9.17, 15) is 4.79 Å². The lowest BCUT2D eigenvalue weighted by molar-refractivity contribution is 0.0950. The molecule has 0 fully saturated rings. The van der Waals surface area contributed by atoms with Crippen molar-refractivity contribution in [2.75, 3.05) is 13.7 Å². The molecule has 0 unspecified atom stereocenters. The van der Waals surface area contributed by atoms with Gasteiger partial charge in [0.2, 0.25) is 0 Å². The zero-order valence-corrected chi connectivity index (χ0v) is 15.1. The van der Waals surface area contributed by atoms with Crippen LogP contribution in [0.25, 0.3) is 11.3 Å². The van der Waals surface area contributed by atoms with Crippen LogP contribution in [-0.4, -0.2) is 36.0 Å². The predicted octanol–water partition coefficient (Wildman–Crippen LogP) is 3.25. The van der Waals surface area contributed by atoms with Gasteiger partial charge in [0.05, 0.1) is 25.6 Å². The van der Waals surface area contributed by atoms with E-state index in [0.717, 1.165) is 22.6 Å². The first-order valence-electron chi connectivity index (χ1n) is 8.45. The van der Waals surface area contributed by atoms with Crippen LogP contribution in [0, 0.1) is 0 Å². The molecule has 0 bridgehead atoms. The number of benzene rings is 2. The number of nitrogens with zero attached hydrogens (tertiary/aromatic N) is 2. The summed E-state index contributed by atoms with van der Waals surface area (Å²) in [7, 11) is 1.61. The monoisotopic (exact) mass is 364 g/mol. The Balaban J connectivity index is 1.61. The average molecular weight is 364 g/mol. The number of aromatic nitrogens is 2. The molecule has 0 radical (unpaired) electrons. The number of hydrogen-bond acceptors (Lipinski definition) is 5. The summed E-state index contributed by atoms with van der Waals surface area (Å²) in [5.41, 5.74) is 5.20. The third kappa shape index (κ3) is 4.72. The Kier molecular flexibility index (Phi) is 5.84. The summed E-state index contributed by atoms with van der Waals surface area (Å²) in [5, 5.41) is 10.9. The third-order valence-electron chi connectivity index (χ3n) is 3.78. The van der Waals surface area contributed by atoms with Gasteiger partial charge >= 0.3 is 0 Å². The van der Waals surface area contributed by atoms with Crippen molar-refractivity contribution in [1.29, 1.82) is 0 Å². The Morgan fingerprint density at radius 3 is 2.52 bits per heavy atom. The van der Waals surface area contributed by atoms with Crippen molar-refractivity contribution in [3.63, 3.8) is 0 Å². The second-order valence-corrected chi connectivity index (χ2v) is 5.60. The smallest absolute Gasteiger partial charge is 0.289 e. The van der Waals surface area contributed by atoms with Gasteiger partial charge in [0, 0.05) is 5.56 Å². The minimum Gasteiger partial charge on any atom is -0.497 e. The summed E-state index contributed by atoms with van der Waals surface area (Å²) in [4.78, 5) is 12.2. The van der Waals surface area contributed by atoms with Crippen LogP contribution < -0.4 is 14.9 Å². The van der Waals surface area contributed by atoms with Crippen LogP contribution in [0.4, 0.5) is 0 Å². The van der Waals surface area contributed by atoms with Gasteiger partial charge in [-0.05, 0) is 67.1 Å². The van der Waals surface area contributed by atoms with Crippen LogP contribution in [-0.2, 0) is 0 Å². The molecule has 7 heteroatoms. The molecule has 0 aliphatic carbocycles. The van der Waals surface area contributed by atoms with Gasteiger partial charge in [-0.1, -0.05) is 0 Å². The van der Waals surface area contributed by atoms with Crippen molar-refractivity contribution in [2.24, 2.45) is 5.10 Å².